The number of aromatic carboxylic acids is 1. The molecule has 0 saturated heterocycles. The number of hydrogen-bond acceptors (Lipinski definition) is 5. The van der Waals surface area contributed by atoms with Gasteiger partial charge in [-0.1, -0.05) is 47.5 Å². The van der Waals surface area contributed by atoms with Gasteiger partial charge in [-0.25, -0.2) is 4.79 Å². The quantitative estimate of drug-likeness (QED) is 0.317. The molecule has 1 aliphatic carbocycles. The smallest absolute Gasteiger partial charge is 0.339 e. The molecule has 31 heavy (non-hydrogen) atoms. The third-order valence-corrected chi connectivity index (χ3v) is 6.53. The van der Waals surface area contributed by atoms with Gasteiger partial charge >= 0.3 is 11.9 Å². The van der Waals surface area contributed by atoms with Gasteiger partial charge in [0, 0.05) is 12.0 Å². The van der Waals surface area contributed by atoms with Crippen molar-refractivity contribution < 1.29 is 29.6 Å². The molecule has 3 N–H and O–H groups in total. The van der Waals surface area contributed by atoms with Gasteiger partial charge in [-0.3, -0.25) is 4.79 Å². The molecule has 0 aromatic heterocycles. The number of hydrogen-bond donors (Lipinski definition) is 3. The van der Waals surface area contributed by atoms with Crippen LogP contribution in [0.15, 0.2) is 6.07 Å². The van der Waals surface area contributed by atoms with E-state index >= 15 is 0 Å². The maximum Gasteiger partial charge on any atom is 0.339 e. The molecule has 0 amide bonds. The van der Waals surface area contributed by atoms with E-state index in [2.05, 4.69) is 13.8 Å². The third-order valence-electron chi connectivity index (χ3n) is 6.53. The van der Waals surface area contributed by atoms with Crippen LogP contribution in [0.25, 0.3) is 0 Å². The predicted octanol–water partition coefficient (Wildman–Crippen LogP) is 5.81. The molecule has 0 fully saturated rings. The highest BCUT2D eigenvalue weighted by Crippen LogP contribution is 2.50. The van der Waals surface area contributed by atoms with E-state index in [9.17, 15) is 24.9 Å². The zero-order valence-corrected chi connectivity index (χ0v) is 19.5. The van der Waals surface area contributed by atoms with Crippen molar-refractivity contribution in [3.8, 4) is 11.5 Å². The van der Waals surface area contributed by atoms with E-state index in [0.29, 0.717) is 36.3 Å². The molecular formula is C25H38O6. The number of ether oxygens (including phenoxy) is 1. The summed E-state index contributed by atoms with van der Waals surface area (Å²) in [5, 5.41) is 30.1. The Balaban J connectivity index is 1.99. The molecule has 2 rings (SSSR count). The average molecular weight is 435 g/mol. The van der Waals surface area contributed by atoms with Crippen LogP contribution in [0.5, 0.6) is 11.5 Å². The van der Waals surface area contributed by atoms with Crippen molar-refractivity contribution in [2.24, 2.45) is 17.8 Å². The first-order valence-electron chi connectivity index (χ1n) is 11.5. The zero-order valence-electron chi connectivity index (χ0n) is 19.5. The maximum atomic E-state index is 11.7. The molecule has 1 aromatic carbocycles. The van der Waals surface area contributed by atoms with Crippen molar-refractivity contribution in [1.82, 2.24) is 0 Å². The minimum atomic E-state index is -1.24. The van der Waals surface area contributed by atoms with Gasteiger partial charge in [0.2, 0.25) is 0 Å². The molecule has 0 unspecified atom stereocenters. The maximum absolute atomic E-state index is 11.7. The van der Waals surface area contributed by atoms with Crippen LogP contribution >= 0.6 is 0 Å². The average Bonchev–Trinajstić information content (AvgIpc) is 2.68. The number of benzene rings is 1. The molecule has 0 spiro atoms. The fourth-order valence-corrected chi connectivity index (χ4v) is 4.70. The van der Waals surface area contributed by atoms with Gasteiger partial charge < -0.3 is 20.1 Å². The predicted molar refractivity (Wildman–Crippen MR) is 120 cm³/mol. The van der Waals surface area contributed by atoms with E-state index in [1.807, 2.05) is 20.8 Å². The van der Waals surface area contributed by atoms with Crippen molar-refractivity contribution in [2.45, 2.75) is 85.0 Å². The van der Waals surface area contributed by atoms with Gasteiger partial charge in [-0.2, -0.15) is 0 Å². The van der Waals surface area contributed by atoms with Gasteiger partial charge in [-0.15, -0.1) is 0 Å². The Hall–Kier alpha value is -2.24. The lowest BCUT2D eigenvalue weighted by atomic mass is 9.70. The molecule has 0 radical (unpaired) electrons. The van der Waals surface area contributed by atoms with Crippen LogP contribution in [0.1, 0.15) is 106 Å². The fraction of sp³-hybridized carbons (Fsp3) is 0.680. The number of phenols is 2. The van der Waals surface area contributed by atoms with Crippen LogP contribution in [0, 0.1) is 17.8 Å². The summed E-state index contributed by atoms with van der Waals surface area (Å²) < 4.78 is 5.36. The molecule has 6 heteroatoms. The van der Waals surface area contributed by atoms with Gasteiger partial charge in [-0.05, 0) is 60.5 Å². The standard InChI is InChI=1S/C25H38O6/c1-14(2)11-21(26)31-13-15(3)7-6-8-16(4)18-10-9-17(5)22-19(18)12-20(25(29)30)23(27)24(22)28/h12,14-18,27-28H,6-11,13H2,1-5H3,(H,29,30)/t15-,16+,17-,18+/m1/s1. The highest BCUT2D eigenvalue weighted by Gasteiger charge is 2.33. The molecule has 0 bridgehead atoms. The Morgan fingerprint density at radius 3 is 2.39 bits per heavy atom. The first-order valence-corrected chi connectivity index (χ1v) is 11.5. The molecule has 0 saturated carbocycles. The number of rotatable bonds is 10. The van der Waals surface area contributed by atoms with Crippen molar-refractivity contribution in [2.75, 3.05) is 6.61 Å². The van der Waals surface area contributed by atoms with Gasteiger partial charge in [0.1, 0.15) is 5.56 Å². The number of fused-ring (bicyclic) bond motifs is 1. The van der Waals surface area contributed by atoms with Gasteiger partial charge in [0.05, 0.1) is 6.61 Å². The third kappa shape index (κ3) is 6.37. The van der Waals surface area contributed by atoms with E-state index in [1.165, 1.54) is 0 Å². The van der Waals surface area contributed by atoms with Crippen molar-refractivity contribution >= 4 is 11.9 Å². The minimum absolute atomic E-state index is 0.0766. The summed E-state index contributed by atoms with van der Waals surface area (Å²) in [6.07, 6.45) is 5.18. The van der Waals surface area contributed by atoms with E-state index in [4.69, 9.17) is 4.74 Å². The molecule has 1 aromatic rings. The first-order chi connectivity index (χ1) is 14.5. The topological polar surface area (TPSA) is 104 Å². The number of carboxylic acids is 1. The SMILES string of the molecule is CC(C)CC(=O)OC[C@H](C)CCC[C@H](C)[C@@H]1CC[C@@H](C)c2c1cc(C(=O)O)c(O)c2O. The lowest BCUT2D eigenvalue weighted by Crippen LogP contribution is -2.20. The Morgan fingerprint density at radius 2 is 1.77 bits per heavy atom. The molecule has 0 aliphatic heterocycles. The molecule has 1 aliphatic rings. The zero-order chi connectivity index (χ0) is 23.3. The summed E-state index contributed by atoms with van der Waals surface area (Å²) in [5.41, 5.74) is 1.31. The van der Waals surface area contributed by atoms with E-state index in [-0.39, 0.29) is 29.1 Å². The van der Waals surface area contributed by atoms with Crippen LogP contribution in [-0.4, -0.2) is 33.9 Å². The van der Waals surface area contributed by atoms with Crippen molar-refractivity contribution in [1.29, 1.82) is 0 Å². The van der Waals surface area contributed by atoms with E-state index in [0.717, 1.165) is 37.7 Å². The van der Waals surface area contributed by atoms with Gasteiger partial charge in [0.15, 0.2) is 11.5 Å². The van der Waals surface area contributed by atoms with E-state index < -0.39 is 11.7 Å². The lowest BCUT2D eigenvalue weighted by molar-refractivity contribution is -0.145. The van der Waals surface area contributed by atoms with E-state index in [1.54, 1.807) is 6.07 Å². The highest BCUT2D eigenvalue weighted by molar-refractivity contribution is 5.92. The largest absolute Gasteiger partial charge is 0.504 e. The van der Waals surface area contributed by atoms with Crippen LogP contribution in [0.4, 0.5) is 0 Å². The van der Waals surface area contributed by atoms with Crippen molar-refractivity contribution in [3.05, 3.63) is 22.8 Å². The number of aromatic hydroxyl groups is 2. The number of esters is 1. The Kier molecular flexibility index (Phi) is 8.78. The first kappa shape index (κ1) is 25.0. The monoisotopic (exact) mass is 434 g/mol. The summed E-state index contributed by atoms with van der Waals surface area (Å²) in [4.78, 5) is 23.2. The number of carbonyl (C=O) groups is 2. The second-order valence-electron chi connectivity index (χ2n) is 9.81. The Morgan fingerprint density at radius 1 is 1.10 bits per heavy atom. The second kappa shape index (κ2) is 10.9. The number of carboxylic acid groups (broad SMARTS) is 1. The summed E-state index contributed by atoms with van der Waals surface area (Å²) in [7, 11) is 0. The fourth-order valence-electron chi connectivity index (χ4n) is 4.70. The molecule has 6 nitrogen and oxygen atoms in total. The van der Waals surface area contributed by atoms with Gasteiger partial charge in [0.25, 0.3) is 0 Å². The van der Waals surface area contributed by atoms with Crippen LogP contribution in [0.3, 0.4) is 0 Å². The van der Waals surface area contributed by atoms with Crippen LogP contribution in [-0.2, 0) is 9.53 Å². The molecule has 4 atom stereocenters. The normalized spacial score (nSPS) is 20.2. The Bertz CT molecular complexity index is 785. The minimum Gasteiger partial charge on any atom is -0.504 e. The number of carbonyl (C=O) groups excluding carboxylic acids is 1. The van der Waals surface area contributed by atoms with Crippen molar-refractivity contribution in [3.63, 3.8) is 0 Å². The summed E-state index contributed by atoms with van der Waals surface area (Å²) in [6, 6.07) is 1.56. The summed E-state index contributed by atoms with van der Waals surface area (Å²) >= 11 is 0. The molecular weight excluding hydrogens is 396 g/mol. The Labute approximate surface area is 185 Å². The number of phenolic OH excluding ortho intramolecular Hbond substituents is 1. The summed E-state index contributed by atoms with van der Waals surface area (Å²) in [6.45, 7) is 10.7. The molecule has 0 heterocycles. The van der Waals surface area contributed by atoms with Crippen LogP contribution < -0.4 is 0 Å². The molecule has 174 valence electrons. The second-order valence-corrected chi connectivity index (χ2v) is 9.81. The lowest BCUT2D eigenvalue weighted by Gasteiger charge is -2.34. The summed E-state index contributed by atoms with van der Waals surface area (Å²) in [5.74, 6) is -1.06. The highest BCUT2D eigenvalue weighted by atomic mass is 16.5. The van der Waals surface area contributed by atoms with Crippen LogP contribution in [0.2, 0.25) is 0 Å².